The Morgan fingerprint density at radius 1 is 1.47 bits per heavy atom. The molecular weight excluding hydrogens is 252 g/mol. The molecule has 0 unspecified atom stereocenters. The first kappa shape index (κ1) is 15.1. The average molecular weight is 270 g/mol. The molecule has 8 heteroatoms. The van der Waals surface area contributed by atoms with Gasteiger partial charge in [-0.3, -0.25) is 10.1 Å². The first-order chi connectivity index (χ1) is 9.04. The number of aromatic nitrogens is 1. The number of nitro groups is 1. The van der Waals surface area contributed by atoms with Crippen LogP contribution in [0.25, 0.3) is 0 Å². The fraction of sp³-hybridized carbons (Fsp3) is 0.545. The van der Waals surface area contributed by atoms with Crippen molar-refractivity contribution in [1.29, 1.82) is 0 Å². The molecule has 8 nitrogen and oxygen atoms in total. The van der Waals surface area contributed by atoms with E-state index in [9.17, 15) is 10.1 Å². The molecule has 0 saturated carbocycles. The van der Waals surface area contributed by atoms with E-state index < -0.39 is 4.92 Å². The molecule has 0 atom stereocenters. The number of nitrogens with one attached hydrogen (secondary N) is 1. The first-order valence-corrected chi connectivity index (χ1v) is 5.87. The summed E-state index contributed by atoms with van der Waals surface area (Å²) in [4.78, 5) is 14.1. The van der Waals surface area contributed by atoms with Crippen LogP contribution in [0.2, 0.25) is 0 Å². The lowest BCUT2D eigenvalue weighted by Gasteiger charge is -2.09. The van der Waals surface area contributed by atoms with E-state index >= 15 is 0 Å². The van der Waals surface area contributed by atoms with Crippen LogP contribution in [-0.4, -0.2) is 29.7 Å². The van der Waals surface area contributed by atoms with Crippen LogP contribution in [0.4, 0.5) is 11.5 Å². The van der Waals surface area contributed by atoms with Crippen molar-refractivity contribution in [2.24, 2.45) is 11.8 Å². The standard InChI is InChI=1S/C11H18N4O4/c1-8(2)7-18-5-6-19-11-9(15(16)17)3-4-10(13-11)14-12/h3-4,8H,5-7,12H2,1-2H3,(H,13,14). The molecule has 19 heavy (non-hydrogen) atoms. The van der Waals surface area contributed by atoms with Gasteiger partial charge < -0.3 is 14.9 Å². The van der Waals surface area contributed by atoms with Crippen LogP contribution in [-0.2, 0) is 4.74 Å². The Kier molecular flexibility index (Phi) is 5.97. The molecule has 0 aliphatic carbocycles. The number of nitrogen functional groups attached to an aromatic ring is 1. The van der Waals surface area contributed by atoms with Crippen molar-refractivity contribution in [2.45, 2.75) is 13.8 Å². The van der Waals surface area contributed by atoms with Crippen LogP contribution in [0.3, 0.4) is 0 Å². The molecule has 1 aromatic heterocycles. The summed E-state index contributed by atoms with van der Waals surface area (Å²) in [6.45, 7) is 5.21. The number of nitrogens with two attached hydrogens (primary N) is 1. The minimum Gasteiger partial charge on any atom is -0.470 e. The predicted octanol–water partition coefficient (Wildman–Crippen LogP) is 1.33. The number of anilines is 1. The Bertz CT molecular complexity index is 425. The first-order valence-electron chi connectivity index (χ1n) is 5.87. The highest BCUT2D eigenvalue weighted by Crippen LogP contribution is 2.25. The molecule has 1 heterocycles. The number of ether oxygens (including phenoxy) is 2. The lowest BCUT2D eigenvalue weighted by Crippen LogP contribution is -2.13. The highest BCUT2D eigenvalue weighted by atomic mass is 16.6. The molecule has 0 fully saturated rings. The molecule has 0 bridgehead atoms. The quantitative estimate of drug-likeness (QED) is 0.317. The molecule has 0 aliphatic heterocycles. The van der Waals surface area contributed by atoms with E-state index in [0.717, 1.165) is 0 Å². The van der Waals surface area contributed by atoms with Crippen LogP contribution >= 0.6 is 0 Å². The molecule has 3 N–H and O–H groups in total. The summed E-state index contributed by atoms with van der Waals surface area (Å²) >= 11 is 0. The van der Waals surface area contributed by atoms with Gasteiger partial charge in [0, 0.05) is 12.7 Å². The SMILES string of the molecule is CC(C)COCCOc1nc(NN)ccc1[N+](=O)[O-]. The normalized spacial score (nSPS) is 10.5. The fourth-order valence-electron chi connectivity index (χ4n) is 1.27. The topological polar surface area (TPSA) is 113 Å². The smallest absolute Gasteiger partial charge is 0.331 e. The second kappa shape index (κ2) is 7.49. The van der Waals surface area contributed by atoms with E-state index in [1.165, 1.54) is 12.1 Å². The number of hydrazine groups is 1. The zero-order valence-corrected chi connectivity index (χ0v) is 11.0. The van der Waals surface area contributed by atoms with Gasteiger partial charge in [-0.05, 0) is 12.0 Å². The van der Waals surface area contributed by atoms with Crippen LogP contribution in [0.1, 0.15) is 13.8 Å². The molecule has 106 valence electrons. The van der Waals surface area contributed by atoms with Crippen LogP contribution in [0.15, 0.2) is 12.1 Å². The molecule has 1 aromatic rings. The zero-order chi connectivity index (χ0) is 14.3. The maximum absolute atomic E-state index is 10.8. The third-order valence-corrected chi connectivity index (χ3v) is 2.10. The molecule has 0 amide bonds. The van der Waals surface area contributed by atoms with E-state index in [0.29, 0.717) is 24.9 Å². The summed E-state index contributed by atoms with van der Waals surface area (Å²) < 4.78 is 10.6. The highest BCUT2D eigenvalue weighted by molar-refractivity contribution is 5.48. The monoisotopic (exact) mass is 270 g/mol. The van der Waals surface area contributed by atoms with Gasteiger partial charge >= 0.3 is 5.69 Å². The number of nitrogens with zero attached hydrogens (tertiary/aromatic N) is 2. The van der Waals surface area contributed by atoms with Crippen molar-refractivity contribution in [1.82, 2.24) is 4.98 Å². The Morgan fingerprint density at radius 3 is 2.79 bits per heavy atom. The molecule has 0 saturated heterocycles. The van der Waals surface area contributed by atoms with Crippen molar-refractivity contribution in [3.05, 3.63) is 22.2 Å². The zero-order valence-electron chi connectivity index (χ0n) is 11.0. The maximum atomic E-state index is 10.8. The Labute approximate surface area is 111 Å². The lowest BCUT2D eigenvalue weighted by molar-refractivity contribution is -0.386. The highest BCUT2D eigenvalue weighted by Gasteiger charge is 2.17. The summed E-state index contributed by atoms with van der Waals surface area (Å²) in [5, 5.41) is 10.8. The van der Waals surface area contributed by atoms with Gasteiger partial charge in [-0.25, -0.2) is 5.84 Å². The van der Waals surface area contributed by atoms with Gasteiger partial charge in [0.15, 0.2) is 0 Å². The Balaban J connectivity index is 2.57. The van der Waals surface area contributed by atoms with Crippen molar-refractivity contribution >= 4 is 11.5 Å². The van der Waals surface area contributed by atoms with Crippen molar-refractivity contribution < 1.29 is 14.4 Å². The van der Waals surface area contributed by atoms with E-state index in [1.807, 2.05) is 13.8 Å². The van der Waals surface area contributed by atoms with Gasteiger partial charge in [-0.2, -0.15) is 4.98 Å². The van der Waals surface area contributed by atoms with E-state index in [2.05, 4.69) is 10.4 Å². The van der Waals surface area contributed by atoms with Gasteiger partial charge in [-0.1, -0.05) is 13.8 Å². The predicted molar refractivity (Wildman–Crippen MR) is 69.9 cm³/mol. The van der Waals surface area contributed by atoms with Crippen LogP contribution in [0, 0.1) is 16.0 Å². The largest absolute Gasteiger partial charge is 0.470 e. The third kappa shape index (κ3) is 5.06. The number of hydrogen-bond acceptors (Lipinski definition) is 7. The molecule has 0 radical (unpaired) electrons. The van der Waals surface area contributed by atoms with Gasteiger partial charge in [0.25, 0.3) is 5.88 Å². The molecule has 0 aromatic carbocycles. The minimum absolute atomic E-state index is 0.0754. The molecular formula is C11H18N4O4. The summed E-state index contributed by atoms with van der Waals surface area (Å²) in [5.41, 5.74) is 2.10. The second-order valence-electron chi connectivity index (χ2n) is 4.24. The van der Waals surface area contributed by atoms with Crippen LogP contribution in [0.5, 0.6) is 5.88 Å². The van der Waals surface area contributed by atoms with Crippen molar-refractivity contribution in [2.75, 3.05) is 25.2 Å². The van der Waals surface area contributed by atoms with Crippen LogP contribution < -0.4 is 16.0 Å². The molecule has 0 spiro atoms. The van der Waals surface area contributed by atoms with Gasteiger partial charge in [0.1, 0.15) is 12.4 Å². The summed E-state index contributed by atoms with van der Waals surface area (Å²) in [6, 6.07) is 2.69. The van der Waals surface area contributed by atoms with Gasteiger partial charge in [0.05, 0.1) is 11.5 Å². The Hall–Kier alpha value is -1.93. The number of hydrogen-bond donors (Lipinski definition) is 2. The molecule has 1 rings (SSSR count). The summed E-state index contributed by atoms with van der Waals surface area (Å²) in [5.74, 6) is 5.84. The van der Waals surface area contributed by atoms with Crippen molar-refractivity contribution in [3.63, 3.8) is 0 Å². The van der Waals surface area contributed by atoms with E-state index in [4.69, 9.17) is 15.3 Å². The lowest BCUT2D eigenvalue weighted by atomic mass is 10.2. The third-order valence-electron chi connectivity index (χ3n) is 2.10. The second-order valence-corrected chi connectivity index (χ2v) is 4.24. The summed E-state index contributed by atoms with van der Waals surface area (Å²) in [6.07, 6.45) is 0. The fourth-order valence-corrected chi connectivity index (χ4v) is 1.27. The van der Waals surface area contributed by atoms with E-state index in [-0.39, 0.29) is 18.2 Å². The van der Waals surface area contributed by atoms with Gasteiger partial charge in [0.2, 0.25) is 0 Å². The average Bonchev–Trinajstić information content (AvgIpc) is 2.37. The molecule has 0 aliphatic rings. The van der Waals surface area contributed by atoms with Crippen molar-refractivity contribution in [3.8, 4) is 5.88 Å². The number of pyridine rings is 1. The Morgan fingerprint density at radius 2 is 2.21 bits per heavy atom. The van der Waals surface area contributed by atoms with E-state index in [1.54, 1.807) is 0 Å². The maximum Gasteiger partial charge on any atom is 0.331 e. The number of rotatable bonds is 8. The summed E-state index contributed by atoms with van der Waals surface area (Å²) in [7, 11) is 0. The minimum atomic E-state index is -0.558. The van der Waals surface area contributed by atoms with Gasteiger partial charge in [-0.15, -0.1) is 0 Å².